The van der Waals surface area contributed by atoms with E-state index in [1.807, 2.05) is 30.5 Å². The van der Waals surface area contributed by atoms with Crippen molar-refractivity contribution in [3.8, 4) is 0 Å². The molecule has 1 aromatic rings. The lowest BCUT2D eigenvalue weighted by Crippen LogP contribution is -2.51. The molecule has 0 bridgehead atoms. The molecule has 2 rings (SSSR count). The number of nitrogens with one attached hydrogen (secondary N) is 1. The van der Waals surface area contributed by atoms with Crippen molar-refractivity contribution in [3.05, 3.63) is 29.8 Å². The Hall–Kier alpha value is -1.00. The maximum Gasteiger partial charge on any atom is 0.328 e. The lowest BCUT2D eigenvalue weighted by atomic mass is 9.90. The molecule has 0 spiro atoms. The lowest BCUT2D eigenvalue weighted by Gasteiger charge is -2.32. The molecule has 1 aliphatic rings. The van der Waals surface area contributed by atoms with Gasteiger partial charge >= 0.3 is 5.97 Å². The van der Waals surface area contributed by atoms with E-state index in [4.69, 9.17) is 0 Å². The van der Waals surface area contributed by atoms with E-state index in [0.717, 1.165) is 23.3 Å². The Balaban J connectivity index is 2.19. The molecule has 0 amide bonds. The summed E-state index contributed by atoms with van der Waals surface area (Å²) in [4.78, 5) is 13.0. The average Bonchev–Trinajstić information content (AvgIpc) is 2.75. The normalized spacial score (nSPS) is 19.7. The zero-order chi connectivity index (χ0) is 15.3. The highest BCUT2D eigenvalue weighted by atomic mass is 32.2. The second-order valence-electron chi connectivity index (χ2n) is 5.99. The standard InChI is InChI=1S/C17H25NO2S/c1-17(16(19)20,13-9-11-15(21-2)12-10-13)18-14-7-5-3-4-6-8-14/h9-12,14,18H,3-8H2,1-2H3,(H,19,20). The Morgan fingerprint density at radius 1 is 1.19 bits per heavy atom. The van der Waals surface area contributed by atoms with Crippen LogP contribution in [0.15, 0.2) is 29.2 Å². The summed E-state index contributed by atoms with van der Waals surface area (Å²) in [6.45, 7) is 1.79. The first-order valence-corrected chi connectivity index (χ1v) is 8.94. The van der Waals surface area contributed by atoms with Crippen molar-refractivity contribution in [2.45, 2.75) is 61.9 Å². The van der Waals surface area contributed by atoms with Gasteiger partial charge in [-0.1, -0.05) is 37.8 Å². The van der Waals surface area contributed by atoms with Gasteiger partial charge in [0.15, 0.2) is 0 Å². The van der Waals surface area contributed by atoms with Crippen LogP contribution in [0.4, 0.5) is 0 Å². The van der Waals surface area contributed by atoms with Gasteiger partial charge in [0.1, 0.15) is 5.54 Å². The number of rotatable bonds is 5. The quantitative estimate of drug-likeness (QED) is 0.637. The van der Waals surface area contributed by atoms with E-state index < -0.39 is 11.5 Å². The SMILES string of the molecule is CSc1ccc(C(C)(NC2CCCCCC2)C(=O)O)cc1. The van der Waals surface area contributed by atoms with Crippen LogP contribution in [-0.2, 0) is 10.3 Å². The predicted molar refractivity (Wildman–Crippen MR) is 87.8 cm³/mol. The van der Waals surface area contributed by atoms with Gasteiger partial charge in [0.2, 0.25) is 0 Å². The third-order valence-electron chi connectivity index (χ3n) is 4.44. The molecule has 4 heteroatoms. The van der Waals surface area contributed by atoms with E-state index in [-0.39, 0.29) is 0 Å². The van der Waals surface area contributed by atoms with E-state index in [2.05, 4.69) is 5.32 Å². The number of carboxylic acids is 1. The Morgan fingerprint density at radius 3 is 2.24 bits per heavy atom. The predicted octanol–water partition coefficient (Wildman–Crippen LogP) is 4.02. The van der Waals surface area contributed by atoms with Gasteiger partial charge in [-0.25, -0.2) is 4.79 Å². The molecule has 0 saturated heterocycles. The van der Waals surface area contributed by atoms with Crippen molar-refractivity contribution in [2.75, 3.05) is 6.26 Å². The molecule has 1 atom stereocenters. The third-order valence-corrected chi connectivity index (χ3v) is 5.19. The second kappa shape index (κ2) is 7.32. The van der Waals surface area contributed by atoms with E-state index >= 15 is 0 Å². The fourth-order valence-electron chi connectivity index (χ4n) is 3.02. The summed E-state index contributed by atoms with van der Waals surface area (Å²) < 4.78 is 0. The van der Waals surface area contributed by atoms with Crippen LogP contribution in [-0.4, -0.2) is 23.4 Å². The largest absolute Gasteiger partial charge is 0.480 e. The van der Waals surface area contributed by atoms with Crippen LogP contribution < -0.4 is 5.32 Å². The molecule has 1 aromatic carbocycles. The minimum Gasteiger partial charge on any atom is -0.480 e. The first kappa shape index (κ1) is 16.4. The third kappa shape index (κ3) is 4.01. The van der Waals surface area contributed by atoms with Gasteiger partial charge in [-0.05, 0) is 43.7 Å². The fraction of sp³-hybridized carbons (Fsp3) is 0.588. The summed E-state index contributed by atoms with van der Waals surface area (Å²) in [6.07, 6.45) is 9.10. The molecule has 0 heterocycles. The van der Waals surface area contributed by atoms with Crippen LogP contribution >= 0.6 is 11.8 Å². The number of benzene rings is 1. The first-order chi connectivity index (χ1) is 10.1. The molecule has 1 saturated carbocycles. The molecular formula is C17H25NO2S. The summed E-state index contributed by atoms with van der Waals surface area (Å²) in [5, 5.41) is 13.2. The summed E-state index contributed by atoms with van der Waals surface area (Å²) in [5.41, 5.74) is -0.177. The molecule has 1 fully saturated rings. The molecule has 3 nitrogen and oxygen atoms in total. The monoisotopic (exact) mass is 307 g/mol. The van der Waals surface area contributed by atoms with Crippen molar-refractivity contribution in [1.29, 1.82) is 0 Å². The number of thioether (sulfide) groups is 1. The number of hydrogen-bond acceptors (Lipinski definition) is 3. The molecule has 2 N–H and O–H groups in total. The highest BCUT2D eigenvalue weighted by molar-refractivity contribution is 7.98. The Labute approximate surface area is 131 Å². The van der Waals surface area contributed by atoms with E-state index in [1.165, 1.54) is 25.7 Å². The number of carboxylic acid groups (broad SMARTS) is 1. The van der Waals surface area contributed by atoms with Crippen LogP contribution in [0.25, 0.3) is 0 Å². The maximum absolute atomic E-state index is 11.9. The number of hydrogen-bond donors (Lipinski definition) is 2. The van der Waals surface area contributed by atoms with Gasteiger partial charge in [-0.3, -0.25) is 5.32 Å². The minimum absolute atomic E-state index is 0.300. The molecule has 0 radical (unpaired) electrons. The second-order valence-corrected chi connectivity index (χ2v) is 6.87. The Bertz CT molecular complexity index is 466. The average molecular weight is 307 g/mol. The highest BCUT2D eigenvalue weighted by Crippen LogP contribution is 2.27. The van der Waals surface area contributed by atoms with Gasteiger partial charge in [0.05, 0.1) is 0 Å². The van der Waals surface area contributed by atoms with Crippen LogP contribution in [0.5, 0.6) is 0 Å². The molecule has 1 unspecified atom stereocenters. The molecule has 116 valence electrons. The molecule has 21 heavy (non-hydrogen) atoms. The summed E-state index contributed by atoms with van der Waals surface area (Å²) >= 11 is 1.67. The fourth-order valence-corrected chi connectivity index (χ4v) is 3.43. The summed E-state index contributed by atoms with van der Waals surface area (Å²) in [6, 6.07) is 8.16. The van der Waals surface area contributed by atoms with Gasteiger partial charge < -0.3 is 5.11 Å². The number of carbonyl (C=O) groups is 1. The van der Waals surface area contributed by atoms with Crippen molar-refractivity contribution in [3.63, 3.8) is 0 Å². The highest BCUT2D eigenvalue weighted by Gasteiger charge is 2.37. The topological polar surface area (TPSA) is 49.3 Å². The van der Waals surface area contributed by atoms with Gasteiger partial charge in [0, 0.05) is 10.9 Å². The van der Waals surface area contributed by atoms with Crippen molar-refractivity contribution >= 4 is 17.7 Å². The van der Waals surface area contributed by atoms with Gasteiger partial charge in [-0.15, -0.1) is 11.8 Å². The van der Waals surface area contributed by atoms with Gasteiger partial charge in [-0.2, -0.15) is 0 Å². The van der Waals surface area contributed by atoms with Crippen molar-refractivity contribution in [2.24, 2.45) is 0 Å². The van der Waals surface area contributed by atoms with Gasteiger partial charge in [0.25, 0.3) is 0 Å². The first-order valence-electron chi connectivity index (χ1n) is 7.72. The zero-order valence-electron chi connectivity index (χ0n) is 12.9. The maximum atomic E-state index is 11.9. The van der Waals surface area contributed by atoms with Crippen molar-refractivity contribution in [1.82, 2.24) is 5.32 Å². The zero-order valence-corrected chi connectivity index (χ0v) is 13.7. The molecular weight excluding hydrogens is 282 g/mol. The smallest absolute Gasteiger partial charge is 0.328 e. The van der Waals surface area contributed by atoms with Crippen molar-refractivity contribution < 1.29 is 9.90 Å². The van der Waals surface area contributed by atoms with Crippen LogP contribution in [0, 0.1) is 0 Å². The van der Waals surface area contributed by atoms with Crippen LogP contribution in [0.1, 0.15) is 51.0 Å². The van der Waals surface area contributed by atoms with Crippen LogP contribution in [0.2, 0.25) is 0 Å². The van der Waals surface area contributed by atoms with E-state index in [9.17, 15) is 9.90 Å². The Kier molecular flexibility index (Phi) is 5.71. The molecule has 1 aliphatic carbocycles. The number of aliphatic carboxylic acids is 1. The van der Waals surface area contributed by atoms with Crippen LogP contribution in [0.3, 0.4) is 0 Å². The molecule has 0 aromatic heterocycles. The summed E-state index contributed by atoms with van der Waals surface area (Å²) in [5.74, 6) is -0.802. The van der Waals surface area contributed by atoms with E-state index in [0.29, 0.717) is 6.04 Å². The summed E-state index contributed by atoms with van der Waals surface area (Å²) in [7, 11) is 0. The minimum atomic E-state index is -1.01. The lowest BCUT2D eigenvalue weighted by molar-refractivity contribution is -0.145. The van der Waals surface area contributed by atoms with E-state index in [1.54, 1.807) is 18.7 Å². The Morgan fingerprint density at radius 2 is 1.76 bits per heavy atom. The molecule has 0 aliphatic heterocycles.